The number of benzene rings is 1. The van der Waals surface area contributed by atoms with Crippen molar-refractivity contribution in [3.63, 3.8) is 0 Å². The third kappa shape index (κ3) is 2.67. The first-order chi connectivity index (χ1) is 8.51. The first-order valence-electron chi connectivity index (χ1n) is 5.71. The van der Waals surface area contributed by atoms with Gasteiger partial charge in [-0.15, -0.1) is 0 Å². The fourth-order valence-corrected chi connectivity index (χ4v) is 1.86. The van der Waals surface area contributed by atoms with Crippen molar-refractivity contribution < 1.29 is 23.1 Å². The lowest BCUT2D eigenvalue weighted by Gasteiger charge is -2.31. The summed E-state index contributed by atoms with van der Waals surface area (Å²) in [6.45, 7) is 4.65. The Morgan fingerprint density at radius 2 is 1.84 bits per heavy atom. The van der Waals surface area contributed by atoms with Crippen LogP contribution in [0.1, 0.15) is 31.9 Å². The van der Waals surface area contributed by atoms with Crippen molar-refractivity contribution in [2.24, 2.45) is 5.92 Å². The van der Waals surface area contributed by atoms with Gasteiger partial charge in [-0.05, 0) is 36.6 Å². The highest BCUT2D eigenvalue weighted by Crippen LogP contribution is 2.39. The van der Waals surface area contributed by atoms with Gasteiger partial charge in [-0.3, -0.25) is 4.79 Å². The summed E-state index contributed by atoms with van der Waals surface area (Å²) in [6.07, 6.45) is -4.53. The summed E-state index contributed by atoms with van der Waals surface area (Å²) in [6, 6.07) is 2.77. The lowest BCUT2D eigenvalue weighted by atomic mass is 9.72. The average molecular weight is 275 g/mol. The fraction of sp³-hybridized carbons (Fsp3) is 0.462. The van der Waals surface area contributed by atoms with E-state index in [1.807, 2.05) is 0 Å². The molecule has 0 aliphatic heterocycles. The molecule has 0 aliphatic rings. The minimum absolute atomic E-state index is 0.00942. The maximum atomic E-state index is 12.7. The van der Waals surface area contributed by atoms with E-state index in [1.54, 1.807) is 13.8 Å². The Morgan fingerprint density at radius 1 is 1.32 bits per heavy atom. The molecule has 0 aliphatic carbocycles. The highest BCUT2D eigenvalue weighted by Gasteiger charge is 2.41. The van der Waals surface area contributed by atoms with Crippen LogP contribution in [0.15, 0.2) is 18.2 Å². The predicted molar refractivity (Wildman–Crippen MR) is 65.7 cm³/mol. The lowest BCUT2D eigenvalue weighted by Crippen LogP contribution is -2.38. The van der Waals surface area contributed by atoms with Crippen LogP contribution in [0.25, 0.3) is 0 Å². The molecule has 0 spiro atoms. The van der Waals surface area contributed by atoms with Gasteiger partial charge in [-0.2, -0.15) is 13.2 Å². The zero-order chi connectivity index (χ0) is 15.0. The molecule has 6 heteroatoms. The molecule has 1 aromatic rings. The Kier molecular flexibility index (Phi) is 3.84. The third-order valence-electron chi connectivity index (χ3n) is 3.54. The van der Waals surface area contributed by atoms with Gasteiger partial charge in [0.15, 0.2) is 0 Å². The second kappa shape index (κ2) is 4.75. The molecule has 1 unspecified atom stereocenters. The maximum Gasteiger partial charge on any atom is 0.416 e. The summed E-state index contributed by atoms with van der Waals surface area (Å²) in [5.41, 5.74) is 3.34. The van der Waals surface area contributed by atoms with Gasteiger partial charge in [0.05, 0.1) is 11.0 Å². The van der Waals surface area contributed by atoms with Crippen LogP contribution in [0, 0.1) is 5.92 Å². The van der Waals surface area contributed by atoms with E-state index in [1.165, 1.54) is 6.92 Å². The topological polar surface area (TPSA) is 63.3 Å². The second-order valence-electron chi connectivity index (χ2n) is 4.96. The zero-order valence-electron chi connectivity index (χ0n) is 10.9. The van der Waals surface area contributed by atoms with Crippen LogP contribution < -0.4 is 5.73 Å². The Bertz CT molecular complexity index is 497. The van der Waals surface area contributed by atoms with E-state index in [0.717, 1.165) is 18.2 Å². The number of halogens is 3. The van der Waals surface area contributed by atoms with E-state index in [0.29, 0.717) is 0 Å². The quantitative estimate of drug-likeness (QED) is 0.832. The molecule has 3 nitrogen and oxygen atoms in total. The molecule has 1 aromatic carbocycles. The van der Waals surface area contributed by atoms with E-state index >= 15 is 0 Å². The molecule has 106 valence electrons. The van der Waals surface area contributed by atoms with E-state index in [9.17, 15) is 23.1 Å². The molecule has 0 saturated heterocycles. The third-order valence-corrected chi connectivity index (χ3v) is 3.54. The fourth-order valence-electron chi connectivity index (χ4n) is 1.86. The predicted octanol–water partition coefficient (Wildman–Crippen LogP) is 3.29. The Morgan fingerprint density at radius 3 is 2.21 bits per heavy atom. The lowest BCUT2D eigenvalue weighted by molar-refractivity contribution is -0.145. The van der Waals surface area contributed by atoms with Crippen LogP contribution in [0.3, 0.4) is 0 Å². The minimum Gasteiger partial charge on any atom is -0.481 e. The standard InChI is InChI=1S/C13H16F3NO2/c1-7(2)12(3,11(18)19)9-6-8(13(14,15)16)4-5-10(9)17/h4-7H,17H2,1-3H3,(H,18,19). The van der Waals surface area contributed by atoms with Crippen LogP contribution >= 0.6 is 0 Å². The molecule has 0 radical (unpaired) electrons. The number of nitrogens with two attached hydrogens (primary N) is 1. The number of carboxylic acid groups (broad SMARTS) is 1. The number of alkyl halides is 3. The summed E-state index contributed by atoms with van der Waals surface area (Å²) >= 11 is 0. The molecule has 1 rings (SSSR count). The second-order valence-corrected chi connectivity index (χ2v) is 4.96. The van der Waals surface area contributed by atoms with Crippen molar-refractivity contribution in [1.29, 1.82) is 0 Å². The molecule has 3 N–H and O–H groups in total. The van der Waals surface area contributed by atoms with Crippen LogP contribution in [0.4, 0.5) is 18.9 Å². The summed E-state index contributed by atoms with van der Waals surface area (Å²) in [5, 5.41) is 9.34. The van der Waals surface area contributed by atoms with Gasteiger partial charge in [-0.25, -0.2) is 0 Å². The number of rotatable bonds is 3. The molecule has 1 atom stereocenters. The van der Waals surface area contributed by atoms with Crippen molar-refractivity contribution in [3.05, 3.63) is 29.3 Å². The van der Waals surface area contributed by atoms with E-state index < -0.39 is 29.0 Å². The summed E-state index contributed by atoms with van der Waals surface area (Å²) in [5.74, 6) is -1.61. The average Bonchev–Trinajstić information content (AvgIpc) is 2.26. The number of nitrogen functional groups attached to an aromatic ring is 1. The maximum absolute atomic E-state index is 12.7. The van der Waals surface area contributed by atoms with Crippen molar-refractivity contribution in [1.82, 2.24) is 0 Å². The van der Waals surface area contributed by atoms with Gasteiger partial charge >= 0.3 is 12.1 Å². The smallest absolute Gasteiger partial charge is 0.416 e. The minimum atomic E-state index is -4.53. The van der Waals surface area contributed by atoms with Crippen LogP contribution in [0.5, 0.6) is 0 Å². The number of aliphatic carboxylic acids is 1. The molecule has 0 amide bonds. The van der Waals surface area contributed by atoms with Gasteiger partial charge in [0, 0.05) is 5.69 Å². The highest BCUT2D eigenvalue weighted by molar-refractivity contribution is 5.83. The molecule has 0 saturated carbocycles. The number of anilines is 1. The van der Waals surface area contributed by atoms with Gasteiger partial charge in [0.2, 0.25) is 0 Å². The van der Waals surface area contributed by atoms with Gasteiger partial charge in [0.1, 0.15) is 0 Å². The summed E-state index contributed by atoms with van der Waals surface area (Å²) < 4.78 is 38.1. The summed E-state index contributed by atoms with van der Waals surface area (Å²) in [4.78, 5) is 11.4. The number of hydrogen-bond donors (Lipinski definition) is 2. The molecule has 0 aromatic heterocycles. The van der Waals surface area contributed by atoms with E-state index in [-0.39, 0.29) is 11.3 Å². The van der Waals surface area contributed by atoms with E-state index in [4.69, 9.17) is 5.73 Å². The van der Waals surface area contributed by atoms with Crippen LogP contribution in [0.2, 0.25) is 0 Å². The first-order valence-corrected chi connectivity index (χ1v) is 5.71. The van der Waals surface area contributed by atoms with Crippen LogP contribution in [-0.4, -0.2) is 11.1 Å². The van der Waals surface area contributed by atoms with Crippen LogP contribution in [-0.2, 0) is 16.4 Å². The largest absolute Gasteiger partial charge is 0.481 e. The van der Waals surface area contributed by atoms with Crippen molar-refractivity contribution in [2.45, 2.75) is 32.4 Å². The molecule has 0 fully saturated rings. The molecule has 0 bridgehead atoms. The normalized spacial score (nSPS) is 15.3. The summed E-state index contributed by atoms with van der Waals surface area (Å²) in [7, 11) is 0. The highest BCUT2D eigenvalue weighted by atomic mass is 19.4. The molecular formula is C13H16F3NO2. The monoisotopic (exact) mass is 275 g/mol. The zero-order valence-corrected chi connectivity index (χ0v) is 10.9. The molecule has 0 heterocycles. The number of hydrogen-bond acceptors (Lipinski definition) is 2. The van der Waals surface area contributed by atoms with Crippen molar-refractivity contribution in [3.8, 4) is 0 Å². The Balaban J connectivity index is 3.52. The van der Waals surface area contributed by atoms with Crippen molar-refractivity contribution >= 4 is 11.7 Å². The Labute approximate surface area is 109 Å². The molecule has 19 heavy (non-hydrogen) atoms. The van der Waals surface area contributed by atoms with Gasteiger partial charge in [0.25, 0.3) is 0 Å². The van der Waals surface area contributed by atoms with Crippen molar-refractivity contribution in [2.75, 3.05) is 5.73 Å². The van der Waals surface area contributed by atoms with E-state index in [2.05, 4.69) is 0 Å². The van der Waals surface area contributed by atoms with Gasteiger partial charge < -0.3 is 10.8 Å². The van der Waals surface area contributed by atoms with Gasteiger partial charge in [-0.1, -0.05) is 13.8 Å². The Hall–Kier alpha value is -1.72. The molecular weight excluding hydrogens is 259 g/mol. The number of carboxylic acids is 1. The SMILES string of the molecule is CC(C)C(C)(C(=O)O)c1cc(C(F)(F)F)ccc1N. The number of carbonyl (C=O) groups is 1. The first kappa shape index (κ1) is 15.3.